The van der Waals surface area contributed by atoms with Crippen molar-refractivity contribution in [1.82, 2.24) is 4.98 Å². The number of aliphatic imine (C=N–C) groups is 1. The second kappa shape index (κ2) is 12.2. The van der Waals surface area contributed by atoms with Crippen LogP contribution in [0.2, 0.25) is 0 Å². The second-order valence-corrected chi connectivity index (χ2v) is 7.09. The van der Waals surface area contributed by atoms with Gasteiger partial charge in [0, 0.05) is 32.2 Å². The SMILES string of the molecule is CCCC[C@H](C)c1ccncc1.CN=C(C)C1=C(C)CC=CC(C(C)=O)=C1.[HH]. The fraction of sp³-hybridized carbons (Fsp3) is 0.458. The Morgan fingerprint density at radius 3 is 2.52 bits per heavy atom. The highest BCUT2D eigenvalue weighted by Crippen LogP contribution is 2.20. The molecular formula is C24H36N2O. The van der Waals surface area contributed by atoms with E-state index in [9.17, 15) is 4.79 Å². The van der Waals surface area contributed by atoms with E-state index in [1.807, 2.05) is 37.5 Å². The van der Waals surface area contributed by atoms with Gasteiger partial charge in [-0.2, -0.15) is 0 Å². The van der Waals surface area contributed by atoms with Crippen LogP contribution in [0, 0.1) is 0 Å². The molecule has 3 nitrogen and oxygen atoms in total. The molecule has 0 saturated carbocycles. The number of pyridine rings is 1. The van der Waals surface area contributed by atoms with E-state index < -0.39 is 0 Å². The summed E-state index contributed by atoms with van der Waals surface area (Å²) in [5.74, 6) is 0.787. The quantitative estimate of drug-likeness (QED) is 0.538. The molecule has 0 fully saturated rings. The van der Waals surface area contributed by atoms with Crippen LogP contribution in [0.4, 0.5) is 0 Å². The van der Waals surface area contributed by atoms with Crippen molar-refractivity contribution in [1.29, 1.82) is 0 Å². The molecule has 0 aliphatic heterocycles. The van der Waals surface area contributed by atoms with E-state index in [0.29, 0.717) is 5.92 Å². The summed E-state index contributed by atoms with van der Waals surface area (Å²) in [5, 5.41) is 0. The number of hydrogen-bond donors (Lipinski definition) is 0. The van der Waals surface area contributed by atoms with Gasteiger partial charge in [-0.25, -0.2) is 0 Å². The normalized spacial score (nSPS) is 15.5. The molecule has 0 spiro atoms. The van der Waals surface area contributed by atoms with Crippen LogP contribution in [0.15, 0.2) is 64.5 Å². The van der Waals surface area contributed by atoms with E-state index in [-0.39, 0.29) is 7.21 Å². The Balaban J connectivity index is 0.000000514. The van der Waals surface area contributed by atoms with Crippen molar-refractivity contribution in [3.8, 4) is 0 Å². The van der Waals surface area contributed by atoms with Crippen LogP contribution in [0.5, 0.6) is 0 Å². The minimum atomic E-state index is 0. The summed E-state index contributed by atoms with van der Waals surface area (Å²) in [7, 11) is 1.77. The Kier molecular flexibility index (Phi) is 10.2. The number of carbonyl (C=O) groups excluding carboxylic acids is 1. The molecule has 0 saturated heterocycles. The molecular weight excluding hydrogens is 332 g/mol. The molecule has 0 N–H and O–H groups in total. The van der Waals surface area contributed by atoms with Crippen molar-refractivity contribution in [2.24, 2.45) is 4.99 Å². The molecule has 148 valence electrons. The number of Topliss-reactive ketones (excluding diaryl/α,β-unsaturated/α-hetero) is 1. The van der Waals surface area contributed by atoms with Gasteiger partial charge in [-0.05, 0) is 68.9 Å². The molecule has 1 atom stereocenters. The number of unbranched alkanes of at least 4 members (excludes halogenated alkanes) is 1. The minimum Gasteiger partial charge on any atom is -0.295 e. The standard InChI is InChI=1S/C13H17NO.C11H17N.H2/c1-9-6-5-7-12(11(3)15)8-13(9)10(2)14-4;1-3-4-5-10(2)11-6-8-12-9-7-11;/h5,7-8H,6H2,1-4H3;6-10H,3-5H2,1-2H3;1H/t;10-;/m.0./s1. The summed E-state index contributed by atoms with van der Waals surface area (Å²) < 4.78 is 0. The molecule has 27 heavy (non-hydrogen) atoms. The first-order valence-corrected chi connectivity index (χ1v) is 9.83. The lowest BCUT2D eigenvalue weighted by Crippen LogP contribution is -2.00. The Hall–Kier alpha value is -2.29. The Bertz CT molecular complexity index is 730. The lowest BCUT2D eigenvalue weighted by molar-refractivity contribution is -0.113. The van der Waals surface area contributed by atoms with Crippen LogP contribution in [-0.4, -0.2) is 23.5 Å². The fourth-order valence-corrected chi connectivity index (χ4v) is 2.92. The zero-order chi connectivity index (χ0) is 20.2. The zero-order valence-corrected chi connectivity index (χ0v) is 17.7. The van der Waals surface area contributed by atoms with Crippen LogP contribution in [0.3, 0.4) is 0 Å². The number of aromatic nitrogens is 1. The summed E-state index contributed by atoms with van der Waals surface area (Å²) in [5.41, 5.74) is 5.50. The maximum absolute atomic E-state index is 11.3. The first-order chi connectivity index (χ1) is 12.9. The number of hydrogen-bond acceptors (Lipinski definition) is 3. The highest BCUT2D eigenvalue weighted by atomic mass is 16.1. The van der Waals surface area contributed by atoms with Gasteiger partial charge in [0.2, 0.25) is 0 Å². The average Bonchev–Trinajstić information content (AvgIpc) is 2.88. The predicted molar refractivity (Wildman–Crippen MR) is 119 cm³/mol. The molecule has 0 radical (unpaired) electrons. The van der Waals surface area contributed by atoms with Crippen molar-refractivity contribution >= 4 is 11.5 Å². The van der Waals surface area contributed by atoms with Crippen LogP contribution in [0.1, 0.15) is 73.2 Å². The maximum Gasteiger partial charge on any atom is 0.159 e. The minimum absolute atomic E-state index is 0. The molecule has 0 unspecified atom stereocenters. The first kappa shape index (κ1) is 22.8. The van der Waals surface area contributed by atoms with E-state index in [0.717, 1.165) is 23.3 Å². The second-order valence-electron chi connectivity index (χ2n) is 7.09. The lowest BCUT2D eigenvalue weighted by Gasteiger charge is -2.09. The Labute approximate surface area is 166 Å². The third-order valence-electron chi connectivity index (χ3n) is 4.88. The number of carbonyl (C=O) groups is 1. The summed E-state index contributed by atoms with van der Waals surface area (Å²) >= 11 is 0. The van der Waals surface area contributed by atoms with E-state index in [1.54, 1.807) is 14.0 Å². The van der Waals surface area contributed by atoms with Gasteiger partial charge in [-0.3, -0.25) is 14.8 Å². The molecule has 1 aromatic heterocycles. The number of allylic oxidation sites excluding steroid dienone is 6. The van der Waals surface area contributed by atoms with Gasteiger partial charge >= 0.3 is 0 Å². The Morgan fingerprint density at radius 2 is 1.96 bits per heavy atom. The van der Waals surface area contributed by atoms with Crippen molar-refractivity contribution in [3.63, 3.8) is 0 Å². The van der Waals surface area contributed by atoms with Crippen molar-refractivity contribution in [2.45, 2.75) is 66.2 Å². The summed E-state index contributed by atoms with van der Waals surface area (Å²) in [4.78, 5) is 19.5. The number of nitrogens with zero attached hydrogens (tertiary/aromatic N) is 2. The summed E-state index contributed by atoms with van der Waals surface area (Å²) in [6, 6.07) is 4.22. The van der Waals surface area contributed by atoms with Gasteiger partial charge in [0.25, 0.3) is 0 Å². The maximum atomic E-state index is 11.3. The van der Waals surface area contributed by atoms with E-state index >= 15 is 0 Å². The zero-order valence-electron chi connectivity index (χ0n) is 17.7. The van der Waals surface area contributed by atoms with E-state index in [1.165, 1.54) is 30.4 Å². The Morgan fingerprint density at radius 1 is 1.30 bits per heavy atom. The number of ketones is 1. The van der Waals surface area contributed by atoms with Crippen LogP contribution in [-0.2, 0) is 4.79 Å². The van der Waals surface area contributed by atoms with E-state index in [4.69, 9.17) is 0 Å². The smallest absolute Gasteiger partial charge is 0.159 e. The van der Waals surface area contributed by atoms with Crippen molar-refractivity contribution in [2.75, 3.05) is 7.05 Å². The highest BCUT2D eigenvalue weighted by molar-refractivity contribution is 6.05. The van der Waals surface area contributed by atoms with Crippen molar-refractivity contribution < 1.29 is 6.22 Å². The van der Waals surface area contributed by atoms with Gasteiger partial charge < -0.3 is 0 Å². The van der Waals surface area contributed by atoms with Crippen LogP contribution in [0.25, 0.3) is 0 Å². The van der Waals surface area contributed by atoms with Gasteiger partial charge in [-0.1, -0.05) is 44.4 Å². The molecule has 2 rings (SSSR count). The molecule has 1 aliphatic carbocycles. The number of rotatable bonds is 6. The molecule has 1 aromatic rings. The monoisotopic (exact) mass is 368 g/mol. The molecule has 0 bridgehead atoms. The first-order valence-electron chi connectivity index (χ1n) is 9.83. The topological polar surface area (TPSA) is 42.3 Å². The molecule has 1 heterocycles. The highest BCUT2D eigenvalue weighted by Gasteiger charge is 2.09. The largest absolute Gasteiger partial charge is 0.295 e. The van der Waals surface area contributed by atoms with Crippen LogP contribution < -0.4 is 0 Å². The van der Waals surface area contributed by atoms with Gasteiger partial charge in [-0.15, -0.1) is 0 Å². The third-order valence-corrected chi connectivity index (χ3v) is 4.88. The average molecular weight is 369 g/mol. The van der Waals surface area contributed by atoms with Crippen LogP contribution >= 0.6 is 0 Å². The fourth-order valence-electron chi connectivity index (χ4n) is 2.92. The van der Waals surface area contributed by atoms with E-state index in [2.05, 4.69) is 42.9 Å². The molecule has 0 amide bonds. The molecule has 0 aromatic carbocycles. The van der Waals surface area contributed by atoms with Crippen molar-refractivity contribution in [3.05, 3.63) is 65.0 Å². The van der Waals surface area contributed by atoms with Gasteiger partial charge in [0.1, 0.15) is 0 Å². The lowest BCUT2D eigenvalue weighted by atomic mass is 9.97. The third kappa shape index (κ3) is 7.86. The summed E-state index contributed by atoms with van der Waals surface area (Å²) in [6.45, 7) is 10.2. The van der Waals surface area contributed by atoms with Gasteiger partial charge in [0.15, 0.2) is 5.78 Å². The molecule has 1 aliphatic rings. The van der Waals surface area contributed by atoms with Gasteiger partial charge in [0.05, 0.1) is 0 Å². The molecule has 3 heteroatoms. The predicted octanol–water partition coefficient (Wildman–Crippen LogP) is 6.49. The summed E-state index contributed by atoms with van der Waals surface area (Å²) in [6.07, 6.45) is 14.4.